The maximum atomic E-state index is 5.92. The summed E-state index contributed by atoms with van der Waals surface area (Å²) in [4.78, 5) is 4.16. The molecule has 0 radical (unpaired) electrons. The number of hydrogen-bond donors (Lipinski definition) is 1. The van der Waals surface area contributed by atoms with Crippen molar-refractivity contribution in [3.05, 3.63) is 21.9 Å². The Labute approximate surface area is 127 Å². The number of aromatic nitrogens is 1. The average Bonchev–Trinajstić information content (AvgIpc) is 2.30. The zero-order valence-corrected chi connectivity index (χ0v) is 13.3. The molecular weight excluding hydrogens is 328 g/mol. The first-order valence-corrected chi connectivity index (χ1v) is 8.02. The molecule has 1 aromatic rings. The molecule has 0 amide bonds. The fourth-order valence-corrected chi connectivity index (χ4v) is 3.79. The number of hydrogen-bond acceptors (Lipinski definition) is 3. The number of nitrogens with zero attached hydrogens (tertiary/aromatic N) is 1. The highest BCUT2D eigenvalue weighted by atomic mass is 79.9. The summed E-state index contributed by atoms with van der Waals surface area (Å²) in [6.45, 7) is 2.89. The number of rotatable bonds is 4. The van der Waals surface area contributed by atoms with E-state index in [0.29, 0.717) is 22.7 Å². The Morgan fingerprint density at radius 3 is 2.95 bits per heavy atom. The lowest BCUT2D eigenvalue weighted by molar-refractivity contribution is -0.157. The Bertz CT molecular complexity index is 479. The van der Waals surface area contributed by atoms with Crippen LogP contribution in [0.1, 0.15) is 32.6 Å². The summed E-state index contributed by atoms with van der Waals surface area (Å²) in [5, 5.41) is 4.10. The molecule has 1 heterocycles. The van der Waals surface area contributed by atoms with Crippen molar-refractivity contribution in [2.24, 2.45) is 5.41 Å². The van der Waals surface area contributed by atoms with Crippen molar-refractivity contribution in [2.75, 3.05) is 11.9 Å². The van der Waals surface area contributed by atoms with Gasteiger partial charge in [0.1, 0.15) is 5.15 Å². The fourth-order valence-electron chi connectivity index (χ4n) is 3.34. The quantitative estimate of drug-likeness (QED) is 0.828. The van der Waals surface area contributed by atoms with Crippen LogP contribution in [0.4, 0.5) is 5.69 Å². The van der Waals surface area contributed by atoms with E-state index < -0.39 is 0 Å². The van der Waals surface area contributed by atoms with Gasteiger partial charge in [-0.15, -0.1) is 0 Å². The number of halogens is 2. The van der Waals surface area contributed by atoms with E-state index in [1.807, 2.05) is 6.07 Å². The Morgan fingerprint density at radius 1 is 1.58 bits per heavy atom. The van der Waals surface area contributed by atoms with Gasteiger partial charge in [-0.1, -0.05) is 18.0 Å². The summed E-state index contributed by atoms with van der Waals surface area (Å²) in [6.07, 6.45) is 7.20. The van der Waals surface area contributed by atoms with Gasteiger partial charge in [0.15, 0.2) is 0 Å². The molecule has 0 saturated heterocycles. The molecule has 2 fully saturated rings. The van der Waals surface area contributed by atoms with Crippen LogP contribution in [0.3, 0.4) is 0 Å². The number of pyridine rings is 1. The molecule has 1 aromatic heterocycles. The summed E-state index contributed by atoms with van der Waals surface area (Å²) >= 11 is 9.33. The lowest BCUT2D eigenvalue weighted by Gasteiger charge is -2.61. The zero-order chi connectivity index (χ0) is 13.5. The number of anilines is 1. The van der Waals surface area contributed by atoms with E-state index in [4.69, 9.17) is 16.3 Å². The predicted molar refractivity (Wildman–Crippen MR) is 80.7 cm³/mol. The second-order valence-corrected chi connectivity index (χ2v) is 6.67. The molecule has 2 atom stereocenters. The fraction of sp³-hybridized carbons (Fsp3) is 0.643. The van der Waals surface area contributed by atoms with E-state index in [0.717, 1.165) is 23.2 Å². The van der Waals surface area contributed by atoms with Gasteiger partial charge in [0.25, 0.3) is 0 Å². The van der Waals surface area contributed by atoms with Crippen LogP contribution in [0.2, 0.25) is 5.15 Å². The highest BCUT2D eigenvalue weighted by molar-refractivity contribution is 9.10. The van der Waals surface area contributed by atoms with Crippen molar-refractivity contribution in [1.29, 1.82) is 0 Å². The lowest BCUT2D eigenvalue weighted by Crippen LogP contribution is -2.64. The molecule has 19 heavy (non-hydrogen) atoms. The molecule has 0 aromatic carbocycles. The van der Waals surface area contributed by atoms with E-state index >= 15 is 0 Å². The number of ether oxygens (including phenoxy) is 1. The van der Waals surface area contributed by atoms with Crippen molar-refractivity contribution in [2.45, 2.75) is 44.8 Å². The first-order chi connectivity index (χ1) is 9.15. The van der Waals surface area contributed by atoms with Gasteiger partial charge in [0.05, 0.1) is 22.5 Å². The van der Waals surface area contributed by atoms with Gasteiger partial charge in [-0.2, -0.15) is 0 Å². The third kappa shape index (κ3) is 2.28. The summed E-state index contributed by atoms with van der Waals surface area (Å²) in [6, 6.07) is 2.50. The van der Waals surface area contributed by atoms with Crippen LogP contribution in [-0.4, -0.2) is 23.7 Å². The third-order valence-corrected chi connectivity index (χ3v) is 5.71. The average molecular weight is 346 g/mol. The van der Waals surface area contributed by atoms with Crippen LogP contribution >= 0.6 is 27.5 Å². The zero-order valence-electron chi connectivity index (χ0n) is 11.0. The van der Waals surface area contributed by atoms with E-state index in [9.17, 15) is 0 Å². The topological polar surface area (TPSA) is 34.1 Å². The largest absolute Gasteiger partial charge is 0.380 e. The minimum Gasteiger partial charge on any atom is -0.380 e. The van der Waals surface area contributed by atoms with E-state index in [2.05, 4.69) is 33.2 Å². The molecule has 1 spiro atoms. The van der Waals surface area contributed by atoms with Crippen LogP contribution in [0.15, 0.2) is 16.7 Å². The maximum Gasteiger partial charge on any atom is 0.143 e. The molecule has 5 heteroatoms. The SMILES string of the molecule is CCOC1CC(Nc2cnc(Cl)c(Br)c2)C12CCC2. The van der Waals surface area contributed by atoms with E-state index in [1.165, 1.54) is 19.3 Å². The van der Waals surface area contributed by atoms with Gasteiger partial charge in [0.2, 0.25) is 0 Å². The Hall–Kier alpha value is -0.320. The van der Waals surface area contributed by atoms with Crippen molar-refractivity contribution >= 4 is 33.2 Å². The second-order valence-electron chi connectivity index (χ2n) is 5.46. The van der Waals surface area contributed by atoms with Gasteiger partial charge in [0, 0.05) is 18.1 Å². The highest BCUT2D eigenvalue weighted by Crippen LogP contribution is 2.58. The Kier molecular flexibility index (Phi) is 3.76. The molecule has 3 nitrogen and oxygen atoms in total. The first-order valence-electron chi connectivity index (χ1n) is 6.85. The van der Waals surface area contributed by atoms with E-state index in [-0.39, 0.29) is 0 Å². The van der Waals surface area contributed by atoms with Crippen LogP contribution in [0.25, 0.3) is 0 Å². The van der Waals surface area contributed by atoms with Crippen LogP contribution in [0, 0.1) is 5.41 Å². The standard InChI is InChI=1S/C14H18BrClN2O/c1-2-19-12-7-11(14(12)4-3-5-14)18-9-6-10(15)13(16)17-8-9/h6,8,11-12,18H,2-5,7H2,1H3. The van der Waals surface area contributed by atoms with Crippen molar-refractivity contribution in [3.63, 3.8) is 0 Å². The molecule has 2 saturated carbocycles. The minimum atomic E-state index is 0.363. The van der Waals surface area contributed by atoms with Gasteiger partial charge < -0.3 is 10.1 Å². The molecular formula is C14H18BrClN2O. The smallest absolute Gasteiger partial charge is 0.143 e. The van der Waals surface area contributed by atoms with Gasteiger partial charge in [-0.3, -0.25) is 0 Å². The first kappa shape index (κ1) is 13.7. The summed E-state index contributed by atoms with van der Waals surface area (Å²) in [7, 11) is 0. The van der Waals surface area contributed by atoms with E-state index in [1.54, 1.807) is 6.20 Å². The normalized spacial score (nSPS) is 27.7. The monoisotopic (exact) mass is 344 g/mol. The second kappa shape index (κ2) is 5.23. The molecule has 3 rings (SSSR count). The van der Waals surface area contributed by atoms with Crippen LogP contribution in [-0.2, 0) is 4.74 Å². The minimum absolute atomic E-state index is 0.363. The van der Waals surface area contributed by atoms with Crippen LogP contribution < -0.4 is 5.32 Å². The molecule has 0 bridgehead atoms. The number of nitrogens with one attached hydrogen (secondary N) is 1. The third-order valence-electron chi connectivity index (χ3n) is 4.57. The molecule has 2 aliphatic carbocycles. The molecule has 2 aliphatic rings. The molecule has 0 aliphatic heterocycles. The molecule has 2 unspecified atom stereocenters. The Balaban J connectivity index is 1.69. The summed E-state index contributed by atoms with van der Waals surface area (Å²) in [5.41, 5.74) is 1.39. The lowest BCUT2D eigenvalue weighted by atomic mass is 9.51. The summed E-state index contributed by atoms with van der Waals surface area (Å²) in [5.74, 6) is 0. The Morgan fingerprint density at radius 2 is 2.37 bits per heavy atom. The van der Waals surface area contributed by atoms with Crippen molar-refractivity contribution in [1.82, 2.24) is 4.98 Å². The van der Waals surface area contributed by atoms with Gasteiger partial charge in [-0.05, 0) is 48.2 Å². The summed E-state index contributed by atoms with van der Waals surface area (Å²) < 4.78 is 6.70. The molecule has 104 valence electrons. The van der Waals surface area contributed by atoms with Gasteiger partial charge in [-0.25, -0.2) is 4.98 Å². The van der Waals surface area contributed by atoms with Gasteiger partial charge >= 0.3 is 0 Å². The van der Waals surface area contributed by atoms with Crippen molar-refractivity contribution in [3.8, 4) is 0 Å². The molecule has 1 N–H and O–H groups in total. The predicted octanol–water partition coefficient (Wildman–Crippen LogP) is 4.26. The van der Waals surface area contributed by atoms with Crippen LogP contribution in [0.5, 0.6) is 0 Å². The van der Waals surface area contributed by atoms with Crippen molar-refractivity contribution < 1.29 is 4.74 Å². The maximum absolute atomic E-state index is 5.92. The highest BCUT2D eigenvalue weighted by Gasteiger charge is 2.58.